The SMILES string of the molecule is O=C(Cc1coc(-c2ccccc2)n1)NC[C@H]1CN2CCC[C@@H]2CO1. The summed E-state index contributed by atoms with van der Waals surface area (Å²) < 4.78 is 11.3. The lowest BCUT2D eigenvalue weighted by atomic mass is 10.2. The van der Waals surface area contributed by atoms with Crippen LogP contribution in [-0.4, -0.2) is 54.2 Å². The minimum absolute atomic E-state index is 0.0555. The van der Waals surface area contributed by atoms with Crippen molar-refractivity contribution in [1.29, 1.82) is 0 Å². The molecule has 0 bridgehead atoms. The van der Waals surface area contributed by atoms with Gasteiger partial charge in [0.25, 0.3) is 0 Å². The van der Waals surface area contributed by atoms with E-state index < -0.39 is 0 Å². The summed E-state index contributed by atoms with van der Waals surface area (Å²) in [5.41, 5.74) is 1.55. The quantitative estimate of drug-likeness (QED) is 0.899. The van der Waals surface area contributed by atoms with E-state index in [2.05, 4.69) is 15.2 Å². The normalized spacial score (nSPS) is 23.4. The fourth-order valence-corrected chi connectivity index (χ4v) is 3.57. The second-order valence-corrected chi connectivity index (χ2v) is 6.74. The predicted octanol–water partition coefficient (Wildman–Crippen LogP) is 1.86. The molecule has 0 saturated carbocycles. The maximum absolute atomic E-state index is 12.2. The van der Waals surface area contributed by atoms with Crippen LogP contribution in [0.5, 0.6) is 0 Å². The molecule has 1 amide bonds. The highest BCUT2D eigenvalue weighted by atomic mass is 16.5. The average molecular weight is 341 g/mol. The summed E-state index contributed by atoms with van der Waals surface area (Å²) in [6, 6.07) is 10.3. The van der Waals surface area contributed by atoms with Crippen molar-refractivity contribution in [3.8, 4) is 11.5 Å². The molecule has 0 aliphatic carbocycles. The summed E-state index contributed by atoms with van der Waals surface area (Å²) >= 11 is 0. The van der Waals surface area contributed by atoms with Crippen molar-refractivity contribution in [2.45, 2.75) is 31.4 Å². The molecule has 0 unspecified atom stereocenters. The van der Waals surface area contributed by atoms with Gasteiger partial charge in [-0.3, -0.25) is 9.69 Å². The third-order valence-electron chi connectivity index (χ3n) is 4.90. The van der Waals surface area contributed by atoms with Crippen molar-refractivity contribution >= 4 is 5.91 Å². The fourth-order valence-electron chi connectivity index (χ4n) is 3.57. The van der Waals surface area contributed by atoms with Gasteiger partial charge in [-0.15, -0.1) is 0 Å². The van der Waals surface area contributed by atoms with Gasteiger partial charge in [-0.1, -0.05) is 18.2 Å². The minimum atomic E-state index is -0.0555. The van der Waals surface area contributed by atoms with Crippen LogP contribution in [0.2, 0.25) is 0 Å². The maximum Gasteiger partial charge on any atom is 0.226 e. The molecule has 2 aliphatic rings. The van der Waals surface area contributed by atoms with Crippen molar-refractivity contribution in [3.05, 3.63) is 42.3 Å². The first-order valence-corrected chi connectivity index (χ1v) is 8.90. The predicted molar refractivity (Wildman–Crippen MR) is 93.0 cm³/mol. The molecular weight excluding hydrogens is 318 g/mol. The summed E-state index contributed by atoms with van der Waals surface area (Å²) in [6.07, 6.45) is 4.33. The van der Waals surface area contributed by atoms with E-state index >= 15 is 0 Å². The number of morpholine rings is 1. The minimum Gasteiger partial charge on any atom is -0.444 e. The Balaban J connectivity index is 1.26. The van der Waals surface area contributed by atoms with Gasteiger partial charge in [0.1, 0.15) is 6.26 Å². The Morgan fingerprint density at radius 3 is 3.08 bits per heavy atom. The molecule has 2 aliphatic heterocycles. The van der Waals surface area contributed by atoms with Crippen LogP contribution in [-0.2, 0) is 16.0 Å². The molecule has 6 heteroatoms. The van der Waals surface area contributed by atoms with E-state index in [0.29, 0.717) is 24.2 Å². The average Bonchev–Trinajstić information content (AvgIpc) is 3.29. The number of benzene rings is 1. The molecule has 4 rings (SSSR count). The van der Waals surface area contributed by atoms with Crippen LogP contribution >= 0.6 is 0 Å². The van der Waals surface area contributed by atoms with Crippen LogP contribution in [0.4, 0.5) is 0 Å². The third kappa shape index (κ3) is 3.91. The van der Waals surface area contributed by atoms with Crippen LogP contribution in [0.1, 0.15) is 18.5 Å². The lowest BCUT2D eigenvalue weighted by Gasteiger charge is -2.35. The Kier molecular flexibility index (Phi) is 4.81. The van der Waals surface area contributed by atoms with Crippen molar-refractivity contribution in [2.24, 2.45) is 0 Å². The first-order valence-electron chi connectivity index (χ1n) is 8.90. The van der Waals surface area contributed by atoms with Crippen LogP contribution in [0.3, 0.4) is 0 Å². The molecule has 2 saturated heterocycles. The summed E-state index contributed by atoms with van der Waals surface area (Å²) in [5.74, 6) is 0.485. The molecule has 0 spiro atoms. The molecule has 1 N–H and O–H groups in total. The van der Waals surface area contributed by atoms with E-state index in [-0.39, 0.29) is 18.4 Å². The second-order valence-electron chi connectivity index (χ2n) is 6.74. The summed E-state index contributed by atoms with van der Waals surface area (Å²) in [5, 5.41) is 2.96. The van der Waals surface area contributed by atoms with Crippen molar-refractivity contribution in [3.63, 3.8) is 0 Å². The number of carbonyl (C=O) groups is 1. The van der Waals surface area contributed by atoms with Gasteiger partial charge < -0.3 is 14.5 Å². The van der Waals surface area contributed by atoms with Gasteiger partial charge in [0, 0.05) is 24.7 Å². The molecule has 2 aromatic rings. The van der Waals surface area contributed by atoms with Gasteiger partial charge in [-0.05, 0) is 31.5 Å². The number of oxazole rings is 1. The van der Waals surface area contributed by atoms with Crippen LogP contribution in [0.25, 0.3) is 11.5 Å². The van der Waals surface area contributed by atoms with Gasteiger partial charge in [0.05, 0.1) is 24.8 Å². The van der Waals surface area contributed by atoms with Crippen LogP contribution in [0.15, 0.2) is 41.0 Å². The smallest absolute Gasteiger partial charge is 0.226 e. The summed E-state index contributed by atoms with van der Waals surface area (Å²) in [4.78, 5) is 19.0. The number of nitrogens with one attached hydrogen (secondary N) is 1. The first kappa shape index (κ1) is 16.3. The first-order chi connectivity index (χ1) is 12.3. The van der Waals surface area contributed by atoms with E-state index in [1.807, 2.05) is 30.3 Å². The van der Waals surface area contributed by atoms with Crippen molar-refractivity contribution in [1.82, 2.24) is 15.2 Å². The Labute approximate surface area is 147 Å². The molecule has 25 heavy (non-hydrogen) atoms. The van der Waals surface area contributed by atoms with Crippen molar-refractivity contribution in [2.75, 3.05) is 26.2 Å². The number of hydrogen-bond donors (Lipinski definition) is 1. The highest BCUT2D eigenvalue weighted by Gasteiger charge is 2.32. The van der Waals surface area contributed by atoms with Crippen molar-refractivity contribution < 1.29 is 13.9 Å². The molecular formula is C19H23N3O3. The molecule has 6 nitrogen and oxygen atoms in total. The highest BCUT2D eigenvalue weighted by molar-refractivity contribution is 5.78. The summed E-state index contributed by atoms with van der Waals surface area (Å²) in [7, 11) is 0. The lowest BCUT2D eigenvalue weighted by molar-refractivity contribution is -0.122. The van der Waals surface area contributed by atoms with Gasteiger partial charge in [0.2, 0.25) is 11.8 Å². The molecule has 1 aromatic heterocycles. The Morgan fingerprint density at radius 1 is 1.32 bits per heavy atom. The number of amides is 1. The highest BCUT2D eigenvalue weighted by Crippen LogP contribution is 2.22. The Hall–Kier alpha value is -2.18. The van der Waals surface area contributed by atoms with E-state index in [1.54, 1.807) is 6.26 Å². The molecule has 3 heterocycles. The number of hydrogen-bond acceptors (Lipinski definition) is 5. The molecule has 1 aromatic carbocycles. The number of rotatable bonds is 5. The van der Waals surface area contributed by atoms with Gasteiger partial charge >= 0.3 is 0 Å². The van der Waals surface area contributed by atoms with E-state index in [9.17, 15) is 4.79 Å². The molecule has 2 atom stereocenters. The largest absolute Gasteiger partial charge is 0.444 e. The molecule has 0 radical (unpaired) electrons. The van der Waals surface area contributed by atoms with Gasteiger partial charge in [0.15, 0.2) is 0 Å². The number of carbonyl (C=O) groups excluding carboxylic acids is 1. The van der Waals surface area contributed by atoms with Gasteiger partial charge in [-0.2, -0.15) is 0 Å². The number of fused-ring (bicyclic) bond motifs is 1. The number of nitrogens with zero attached hydrogens (tertiary/aromatic N) is 2. The number of ether oxygens (including phenoxy) is 1. The van der Waals surface area contributed by atoms with Gasteiger partial charge in [-0.25, -0.2) is 4.98 Å². The van der Waals surface area contributed by atoms with E-state index in [1.165, 1.54) is 12.8 Å². The number of aromatic nitrogens is 1. The zero-order chi connectivity index (χ0) is 17.1. The molecule has 132 valence electrons. The fraction of sp³-hybridized carbons (Fsp3) is 0.474. The topological polar surface area (TPSA) is 67.6 Å². The van der Waals surface area contributed by atoms with Crippen LogP contribution in [0, 0.1) is 0 Å². The second kappa shape index (κ2) is 7.37. The lowest BCUT2D eigenvalue weighted by Crippen LogP contribution is -2.50. The molecule has 2 fully saturated rings. The standard InChI is InChI=1S/C19H23N3O3/c23-18(20-10-17-11-22-8-4-7-16(22)13-24-17)9-15-12-25-19(21-15)14-5-2-1-3-6-14/h1-3,5-6,12,16-17H,4,7-11,13H2,(H,20,23)/t16-,17+/m1/s1. The zero-order valence-corrected chi connectivity index (χ0v) is 14.2. The monoisotopic (exact) mass is 341 g/mol. The third-order valence-corrected chi connectivity index (χ3v) is 4.90. The Bertz CT molecular complexity index is 716. The maximum atomic E-state index is 12.2. The van der Waals surface area contributed by atoms with E-state index in [4.69, 9.17) is 9.15 Å². The van der Waals surface area contributed by atoms with Crippen LogP contribution < -0.4 is 5.32 Å². The Morgan fingerprint density at radius 2 is 2.20 bits per heavy atom. The summed E-state index contributed by atoms with van der Waals surface area (Å²) in [6.45, 7) is 3.39. The van der Waals surface area contributed by atoms with E-state index in [0.717, 1.165) is 25.3 Å². The zero-order valence-electron chi connectivity index (χ0n) is 14.2.